The molecule has 2 heterocycles. The summed E-state index contributed by atoms with van der Waals surface area (Å²) < 4.78 is 10.9. The van der Waals surface area contributed by atoms with Crippen molar-refractivity contribution in [3.8, 4) is 0 Å². The zero-order valence-corrected chi connectivity index (χ0v) is 12.6. The van der Waals surface area contributed by atoms with Gasteiger partial charge in [-0.2, -0.15) is 0 Å². The van der Waals surface area contributed by atoms with Crippen LogP contribution in [0.3, 0.4) is 0 Å². The monoisotopic (exact) mass is 303 g/mol. The summed E-state index contributed by atoms with van der Waals surface area (Å²) in [5, 5.41) is 2.92. The van der Waals surface area contributed by atoms with Gasteiger partial charge in [-0.3, -0.25) is 9.69 Å². The lowest BCUT2D eigenvalue weighted by Gasteiger charge is -2.26. The summed E-state index contributed by atoms with van der Waals surface area (Å²) >= 11 is 0. The van der Waals surface area contributed by atoms with Gasteiger partial charge in [0.15, 0.2) is 5.58 Å². The van der Waals surface area contributed by atoms with Crippen molar-refractivity contribution in [1.29, 1.82) is 0 Å². The van der Waals surface area contributed by atoms with Crippen LogP contribution in [0.1, 0.15) is 12.3 Å². The van der Waals surface area contributed by atoms with E-state index < -0.39 is 0 Å². The van der Waals surface area contributed by atoms with Crippen molar-refractivity contribution in [2.75, 3.05) is 39.4 Å². The molecule has 3 rings (SSSR count). The van der Waals surface area contributed by atoms with Gasteiger partial charge in [-0.1, -0.05) is 12.1 Å². The number of benzene rings is 1. The van der Waals surface area contributed by atoms with E-state index in [1.807, 2.05) is 24.3 Å². The van der Waals surface area contributed by atoms with Crippen LogP contribution < -0.4 is 5.32 Å². The Balaban J connectivity index is 1.38. The maximum atomic E-state index is 11.9. The van der Waals surface area contributed by atoms with Gasteiger partial charge in [-0.25, -0.2) is 4.98 Å². The van der Waals surface area contributed by atoms with E-state index in [2.05, 4.69) is 15.2 Å². The molecule has 1 aliphatic heterocycles. The second-order valence-corrected chi connectivity index (χ2v) is 5.41. The van der Waals surface area contributed by atoms with Crippen molar-refractivity contribution in [3.05, 3.63) is 30.2 Å². The van der Waals surface area contributed by atoms with Crippen LogP contribution in [0.2, 0.25) is 0 Å². The Labute approximate surface area is 129 Å². The molecule has 1 aliphatic rings. The molecule has 1 aromatic carbocycles. The maximum Gasteiger partial charge on any atom is 0.229 e. The zero-order chi connectivity index (χ0) is 15.2. The summed E-state index contributed by atoms with van der Waals surface area (Å²) in [7, 11) is 0. The molecule has 6 nitrogen and oxygen atoms in total. The predicted octanol–water partition coefficient (Wildman–Crippen LogP) is 1.21. The molecule has 1 aromatic heterocycles. The minimum Gasteiger partial charge on any atom is -0.440 e. The Hall–Kier alpha value is -1.92. The van der Waals surface area contributed by atoms with Crippen LogP contribution in [-0.2, 0) is 16.0 Å². The summed E-state index contributed by atoms with van der Waals surface area (Å²) in [5.41, 5.74) is 1.51. The Kier molecular flexibility index (Phi) is 5.03. The highest BCUT2D eigenvalue weighted by Gasteiger charge is 2.11. The van der Waals surface area contributed by atoms with Gasteiger partial charge in [0.25, 0.3) is 0 Å². The minimum absolute atomic E-state index is 0.0477. The molecule has 6 heteroatoms. The van der Waals surface area contributed by atoms with E-state index in [9.17, 15) is 4.79 Å². The number of morpholine rings is 1. The van der Waals surface area contributed by atoms with Crippen LogP contribution in [0, 0.1) is 0 Å². The fourth-order valence-corrected chi connectivity index (χ4v) is 2.55. The molecule has 0 bridgehead atoms. The summed E-state index contributed by atoms with van der Waals surface area (Å²) in [6, 6.07) is 7.53. The Morgan fingerprint density at radius 2 is 2.09 bits per heavy atom. The highest BCUT2D eigenvalue weighted by atomic mass is 16.5. The average molecular weight is 303 g/mol. The number of hydrogen-bond donors (Lipinski definition) is 1. The first kappa shape index (κ1) is 15.0. The number of nitrogens with one attached hydrogen (secondary N) is 1. The first-order valence-corrected chi connectivity index (χ1v) is 7.72. The van der Waals surface area contributed by atoms with E-state index in [0.29, 0.717) is 12.4 Å². The molecule has 1 N–H and O–H groups in total. The number of fused-ring (bicyclic) bond motifs is 1. The van der Waals surface area contributed by atoms with E-state index >= 15 is 0 Å². The van der Waals surface area contributed by atoms with Crippen LogP contribution in [0.5, 0.6) is 0 Å². The largest absolute Gasteiger partial charge is 0.440 e. The molecule has 2 aromatic rings. The van der Waals surface area contributed by atoms with Crippen LogP contribution in [0.4, 0.5) is 0 Å². The van der Waals surface area contributed by atoms with Crippen LogP contribution in [0.15, 0.2) is 28.7 Å². The number of para-hydroxylation sites is 2. The van der Waals surface area contributed by atoms with E-state index in [0.717, 1.165) is 50.4 Å². The van der Waals surface area contributed by atoms with Gasteiger partial charge in [0, 0.05) is 19.6 Å². The number of oxazole rings is 1. The molecule has 1 fully saturated rings. The molecule has 0 unspecified atom stereocenters. The van der Waals surface area contributed by atoms with Crippen molar-refractivity contribution in [3.63, 3.8) is 0 Å². The summed E-state index contributed by atoms with van der Waals surface area (Å²) in [6.07, 6.45) is 1.13. The van der Waals surface area contributed by atoms with Crippen molar-refractivity contribution in [1.82, 2.24) is 15.2 Å². The molecular weight excluding hydrogens is 282 g/mol. The van der Waals surface area contributed by atoms with Gasteiger partial charge in [0.1, 0.15) is 11.9 Å². The van der Waals surface area contributed by atoms with E-state index in [1.165, 1.54) is 0 Å². The first-order chi connectivity index (χ1) is 10.8. The summed E-state index contributed by atoms with van der Waals surface area (Å²) in [6.45, 7) is 5.25. The molecule has 0 saturated carbocycles. The molecule has 1 saturated heterocycles. The standard InChI is InChI=1S/C16H21N3O3/c20-15(17-6-3-7-19-8-10-21-11-9-19)12-16-18-13-4-1-2-5-14(13)22-16/h1-2,4-5H,3,6-12H2,(H,17,20). The molecular formula is C16H21N3O3. The van der Waals surface area contributed by atoms with Crippen LogP contribution >= 0.6 is 0 Å². The number of carbonyl (C=O) groups excluding carboxylic acids is 1. The highest BCUT2D eigenvalue weighted by molar-refractivity contribution is 5.79. The average Bonchev–Trinajstić information content (AvgIpc) is 2.94. The topological polar surface area (TPSA) is 67.6 Å². The Morgan fingerprint density at radius 3 is 2.91 bits per heavy atom. The number of rotatable bonds is 6. The van der Waals surface area contributed by atoms with Crippen molar-refractivity contribution < 1.29 is 13.9 Å². The third-order valence-corrected chi connectivity index (χ3v) is 3.73. The number of aromatic nitrogens is 1. The van der Waals surface area contributed by atoms with Gasteiger partial charge in [-0.05, 0) is 25.1 Å². The lowest BCUT2D eigenvalue weighted by molar-refractivity contribution is -0.120. The third kappa shape index (κ3) is 4.05. The zero-order valence-electron chi connectivity index (χ0n) is 12.6. The molecule has 0 spiro atoms. The lowest BCUT2D eigenvalue weighted by atomic mass is 10.3. The fourth-order valence-electron chi connectivity index (χ4n) is 2.55. The molecule has 0 radical (unpaired) electrons. The second-order valence-electron chi connectivity index (χ2n) is 5.41. The Bertz CT molecular complexity index is 587. The van der Waals surface area contributed by atoms with Crippen molar-refractivity contribution in [2.45, 2.75) is 12.8 Å². The van der Waals surface area contributed by atoms with E-state index in [1.54, 1.807) is 0 Å². The van der Waals surface area contributed by atoms with Gasteiger partial charge < -0.3 is 14.5 Å². The molecule has 0 atom stereocenters. The van der Waals surface area contributed by atoms with Crippen molar-refractivity contribution in [2.24, 2.45) is 0 Å². The molecule has 1 amide bonds. The smallest absolute Gasteiger partial charge is 0.229 e. The molecule has 118 valence electrons. The fraction of sp³-hybridized carbons (Fsp3) is 0.500. The highest BCUT2D eigenvalue weighted by Crippen LogP contribution is 2.14. The first-order valence-electron chi connectivity index (χ1n) is 7.72. The second kappa shape index (κ2) is 7.38. The van der Waals surface area contributed by atoms with E-state index in [4.69, 9.17) is 9.15 Å². The third-order valence-electron chi connectivity index (χ3n) is 3.73. The normalized spacial score (nSPS) is 16.0. The van der Waals surface area contributed by atoms with Gasteiger partial charge in [0.2, 0.25) is 11.8 Å². The van der Waals surface area contributed by atoms with Crippen LogP contribution in [-0.4, -0.2) is 55.2 Å². The number of carbonyl (C=O) groups is 1. The summed E-state index contributed by atoms with van der Waals surface area (Å²) in [5.74, 6) is 0.417. The van der Waals surface area contributed by atoms with Crippen molar-refractivity contribution >= 4 is 17.0 Å². The van der Waals surface area contributed by atoms with Gasteiger partial charge in [0.05, 0.1) is 13.2 Å². The predicted molar refractivity (Wildman–Crippen MR) is 82.6 cm³/mol. The number of hydrogen-bond acceptors (Lipinski definition) is 5. The number of ether oxygens (including phenoxy) is 1. The number of amides is 1. The van der Waals surface area contributed by atoms with Gasteiger partial charge in [-0.15, -0.1) is 0 Å². The van der Waals surface area contributed by atoms with E-state index in [-0.39, 0.29) is 12.3 Å². The maximum absolute atomic E-state index is 11.9. The van der Waals surface area contributed by atoms with Crippen LogP contribution in [0.25, 0.3) is 11.1 Å². The SMILES string of the molecule is O=C(Cc1nc2ccccc2o1)NCCCN1CCOCC1. The molecule has 0 aliphatic carbocycles. The Morgan fingerprint density at radius 1 is 1.27 bits per heavy atom. The molecule has 22 heavy (non-hydrogen) atoms. The minimum atomic E-state index is -0.0477. The quantitative estimate of drug-likeness (QED) is 0.813. The summed E-state index contributed by atoms with van der Waals surface area (Å²) in [4.78, 5) is 18.6. The lowest BCUT2D eigenvalue weighted by Crippen LogP contribution is -2.38. The van der Waals surface area contributed by atoms with Gasteiger partial charge >= 0.3 is 0 Å². The number of nitrogens with zero attached hydrogens (tertiary/aromatic N) is 2.